The Hall–Kier alpha value is -2.27. The second kappa shape index (κ2) is 9.97. The number of halogens is 3. The SMILES string of the molecule is COc1cc(CN[C@@H](C)c2ccccc2)cc(Cl)c1OCc1c(F)cccc1Cl. The molecule has 3 nitrogen and oxygen atoms in total. The summed E-state index contributed by atoms with van der Waals surface area (Å²) in [7, 11) is 1.54. The van der Waals surface area contributed by atoms with Gasteiger partial charge in [-0.15, -0.1) is 0 Å². The molecule has 0 aliphatic heterocycles. The van der Waals surface area contributed by atoms with Crippen LogP contribution in [0.25, 0.3) is 0 Å². The molecule has 0 radical (unpaired) electrons. The quantitative estimate of drug-likeness (QED) is 0.435. The van der Waals surface area contributed by atoms with Gasteiger partial charge in [-0.05, 0) is 42.3 Å². The van der Waals surface area contributed by atoms with E-state index in [0.717, 1.165) is 5.56 Å². The average Bonchev–Trinajstić information content (AvgIpc) is 2.73. The van der Waals surface area contributed by atoms with Gasteiger partial charge < -0.3 is 14.8 Å². The van der Waals surface area contributed by atoms with Crippen molar-refractivity contribution in [1.29, 1.82) is 0 Å². The zero-order valence-electron chi connectivity index (χ0n) is 16.2. The molecule has 29 heavy (non-hydrogen) atoms. The van der Waals surface area contributed by atoms with E-state index in [0.29, 0.717) is 28.1 Å². The number of methoxy groups -OCH3 is 1. The summed E-state index contributed by atoms with van der Waals surface area (Å²) in [6, 6.07) is 18.5. The Kier molecular flexibility index (Phi) is 7.37. The largest absolute Gasteiger partial charge is 0.493 e. The number of hydrogen-bond acceptors (Lipinski definition) is 3. The van der Waals surface area contributed by atoms with Crippen LogP contribution >= 0.6 is 23.2 Å². The fourth-order valence-corrected chi connectivity index (χ4v) is 3.47. The molecule has 0 aliphatic rings. The standard InChI is InChI=1S/C23H22Cl2FNO2/c1-15(17-7-4-3-5-8-17)27-13-16-11-20(25)23(22(12-16)28-2)29-14-18-19(24)9-6-10-21(18)26/h3-12,15,27H,13-14H2,1-2H3/t15-/m0/s1. The van der Waals surface area contributed by atoms with Crippen LogP contribution in [0.1, 0.15) is 29.7 Å². The second-order valence-corrected chi connectivity index (χ2v) is 7.43. The normalized spacial score (nSPS) is 11.9. The van der Waals surface area contributed by atoms with Gasteiger partial charge in [0.2, 0.25) is 0 Å². The lowest BCUT2D eigenvalue weighted by molar-refractivity contribution is 0.280. The molecule has 0 fully saturated rings. The molecule has 6 heteroatoms. The van der Waals surface area contributed by atoms with Gasteiger partial charge in [-0.1, -0.05) is 59.6 Å². The minimum atomic E-state index is -0.427. The summed E-state index contributed by atoms with van der Waals surface area (Å²) in [6.07, 6.45) is 0. The van der Waals surface area contributed by atoms with Gasteiger partial charge in [0.1, 0.15) is 12.4 Å². The molecule has 0 bridgehead atoms. The maximum Gasteiger partial charge on any atom is 0.180 e. The number of nitrogens with one attached hydrogen (secondary N) is 1. The monoisotopic (exact) mass is 433 g/mol. The van der Waals surface area contributed by atoms with Crippen molar-refractivity contribution in [3.8, 4) is 11.5 Å². The van der Waals surface area contributed by atoms with E-state index in [4.69, 9.17) is 32.7 Å². The second-order valence-electron chi connectivity index (χ2n) is 6.61. The zero-order valence-corrected chi connectivity index (χ0v) is 17.7. The number of hydrogen-bond donors (Lipinski definition) is 1. The van der Waals surface area contributed by atoms with Gasteiger partial charge in [-0.2, -0.15) is 0 Å². The first-order valence-corrected chi connectivity index (χ1v) is 9.95. The molecule has 0 unspecified atom stereocenters. The minimum Gasteiger partial charge on any atom is -0.493 e. The summed E-state index contributed by atoms with van der Waals surface area (Å²) in [5.41, 5.74) is 2.42. The summed E-state index contributed by atoms with van der Waals surface area (Å²) < 4.78 is 25.2. The van der Waals surface area contributed by atoms with E-state index >= 15 is 0 Å². The highest BCUT2D eigenvalue weighted by Gasteiger charge is 2.15. The van der Waals surface area contributed by atoms with Crippen LogP contribution in [-0.4, -0.2) is 7.11 Å². The Balaban J connectivity index is 1.72. The van der Waals surface area contributed by atoms with Crippen molar-refractivity contribution < 1.29 is 13.9 Å². The van der Waals surface area contributed by atoms with Crippen molar-refractivity contribution in [2.75, 3.05) is 7.11 Å². The molecule has 0 aromatic heterocycles. The topological polar surface area (TPSA) is 30.5 Å². The molecule has 3 rings (SSSR count). The molecule has 152 valence electrons. The van der Waals surface area contributed by atoms with Gasteiger partial charge in [0.05, 0.1) is 17.2 Å². The minimum absolute atomic E-state index is 0.0514. The molecule has 1 N–H and O–H groups in total. The molecule has 0 aliphatic carbocycles. The van der Waals surface area contributed by atoms with Crippen molar-refractivity contribution in [2.24, 2.45) is 0 Å². The van der Waals surface area contributed by atoms with E-state index < -0.39 is 5.82 Å². The van der Waals surface area contributed by atoms with E-state index in [2.05, 4.69) is 24.4 Å². The van der Waals surface area contributed by atoms with Crippen LogP contribution in [0.5, 0.6) is 11.5 Å². The average molecular weight is 434 g/mol. The Bertz CT molecular complexity index is 946. The van der Waals surface area contributed by atoms with Crippen molar-refractivity contribution >= 4 is 23.2 Å². The van der Waals surface area contributed by atoms with Crippen molar-refractivity contribution in [3.63, 3.8) is 0 Å². The Morgan fingerprint density at radius 3 is 2.45 bits per heavy atom. The van der Waals surface area contributed by atoms with Crippen LogP contribution in [0, 0.1) is 5.82 Å². The van der Waals surface area contributed by atoms with E-state index in [9.17, 15) is 4.39 Å². The van der Waals surface area contributed by atoms with Gasteiger partial charge in [0.25, 0.3) is 0 Å². The van der Waals surface area contributed by atoms with E-state index in [1.807, 2.05) is 30.3 Å². The first-order valence-electron chi connectivity index (χ1n) is 9.20. The van der Waals surface area contributed by atoms with E-state index in [1.54, 1.807) is 19.2 Å². The highest BCUT2D eigenvalue weighted by Crippen LogP contribution is 2.37. The fourth-order valence-electron chi connectivity index (χ4n) is 2.96. The first-order chi connectivity index (χ1) is 14.0. The third-order valence-electron chi connectivity index (χ3n) is 4.62. The highest BCUT2D eigenvalue weighted by molar-refractivity contribution is 6.32. The van der Waals surface area contributed by atoms with Crippen LogP contribution in [-0.2, 0) is 13.2 Å². The zero-order chi connectivity index (χ0) is 20.8. The Labute approximate surface area is 180 Å². The molecule has 0 saturated heterocycles. The smallest absolute Gasteiger partial charge is 0.180 e. The van der Waals surface area contributed by atoms with Crippen LogP contribution in [0.3, 0.4) is 0 Å². The molecule has 0 saturated carbocycles. The lowest BCUT2D eigenvalue weighted by atomic mass is 10.1. The van der Waals surface area contributed by atoms with Crippen molar-refractivity contribution in [2.45, 2.75) is 26.1 Å². The molecule has 3 aromatic rings. The molecule has 0 heterocycles. The lowest BCUT2D eigenvalue weighted by Crippen LogP contribution is -2.18. The number of rotatable bonds is 8. The Morgan fingerprint density at radius 1 is 1.00 bits per heavy atom. The summed E-state index contributed by atoms with van der Waals surface area (Å²) in [6.45, 7) is 2.65. The maximum absolute atomic E-state index is 14.0. The summed E-state index contributed by atoms with van der Waals surface area (Å²) in [5.74, 6) is 0.408. The first kappa shape index (κ1) is 21.4. The van der Waals surface area contributed by atoms with Gasteiger partial charge in [0, 0.05) is 18.2 Å². The van der Waals surface area contributed by atoms with E-state index in [1.165, 1.54) is 11.6 Å². The van der Waals surface area contributed by atoms with Crippen LogP contribution in [0.4, 0.5) is 4.39 Å². The summed E-state index contributed by atoms with van der Waals surface area (Å²) in [4.78, 5) is 0. The predicted octanol–water partition coefficient (Wildman–Crippen LogP) is 6.57. The van der Waals surface area contributed by atoms with Crippen molar-refractivity contribution in [3.05, 3.63) is 93.2 Å². The molecule has 0 amide bonds. The summed E-state index contributed by atoms with van der Waals surface area (Å²) >= 11 is 12.5. The maximum atomic E-state index is 14.0. The molecular weight excluding hydrogens is 412 g/mol. The Morgan fingerprint density at radius 2 is 1.76 bits per heavy atom. The molecule has 3 aromatic carbocycles. The summed E-state index contributed by atoms with van der Waals surface area (Å²) in [5, 5.41) is 4.16. The number of ether oxygens (including phenoxy) is 2. The number of benzene rings is 3. The molecular formula is C23H22Cl2FNO2. The third kappa shape index (κ3) is 5.41. The molecule has 1 atom stereocenters. The predicted molar refractivity (Wildman–Crippen MR) is 115 cm³/mol. The lowest BCUT2D eigenvalue weighted by Gasteiger charge is -2.17. The highest BCUT2D eigenvalue weighted by atomic mass is 35.5. The van der Waals surface area contributed by atoms with E-state index in [-0.39, 0.29) is 18.2 Å². The molecule has 0 spiro atoms. The van der Waals surface area contributed by atoms with Crippen LogP contribution < -0.4 is 14.8 Å². The van der Waals surface area contributed by atoms with Gasteiger partial charge in [-0.25, -0.2) is 4.39 Å². The third-order valence-corrected chi connectivity index (χ3v) is 5.26. The van der Waals surface area contributed by atoms with Gasteiger partial charge in [-0.3, -0.25) is 0 Å². The van der Waals surface area contributed by atoms with Gasteiger partial charge in [0.15, 0.2) is 11.5 Å². The van der Waals surface area contributed by atoms with Crippen LogP contribution in [0.2, 0.25) is 10.0 Å². The van der Waals surface area contributed by atoms with Gasteiger partial charge >= 0.3 is 0 Å². The van der Waals surface area contributed by atoms with Crippen LogP contribution in [0.15, 0.2) is 60.7 Å². The van der Waals surface area contributed by atoms with Crippen molar-refractivity contribution in [1.82, 2.24) is 5.32 Å². The fraction of sp³-hybridized carbons (Fsp3) is 0.217.